The largest absolute Gasteiger partial charge is 0.384 e. The molecule has 0 radical (unpaired) electrons. The number of hydrogen-bond donors (Lipinski definition) is 1. The van der Waals surface area contributed by atoms with E-state index in [2.05, 4.69) is 5.10 Å². The fourth-order valence-electron chi connectivity index (χ4n) is 2.03. The molecule has 19 heavy (non-hydrogen) atoms. The number of pyridine rings is 1. The van der Waals surface area contributed by atoms with E-state index in [1.165, 1.54) is 12.3 Å². The molecule has 2 aromatic heterocycles. The molecule has 5 heteroatoms. The van der Waals surface area contributed by atoms with E-state index in [0.29, 0.717) is 5.56 Å². The Kier molecular flexibility index (Phi) is 2.76. The first kappa shape index (κ1) is 11.8. The highest BCUT2D eigenvalue weighted by Gasteiger charge is 2.17. The average Bonchev–Trinajstić information content (AvgIpc) is 2.85. The molecule has 3 aromatic rings. The van der Waals surface area contributed by atoms with E-state index in [1.807, 2.05) is 12.1 Å². The first-order chi connectivity index (χ1) is 9.16. The summed E-state index contributed by atoms with van der Waals surface area (Å²) >= 11 is 0. The lowest BCUT2D eigenvalue weighted by Crippen LogP contribution is -2.00. The van der Waals surface area contributed by atoms with E-state index in [1.54, 1.807) is 16.8 Å². The van der Waals surface area contributed by atoms with Crippen LogP contribution in [0.4, 0.5) is 8.78 Å². The molecule has 1 atom stereocenters. The van der Waals surface area contributed by atoms with E-state index >= 15 is 0 Å². The Morgan fingerprint density at radius 2 is 1.95 bits per heavy atom. The number of aliphatic hydroxyl groups excluding tert-OH is 1. The molecule has 0 aliphatic heterocycles. The Bertz CT molecular complexity index is 739. The number of aliphatic hydroxyl groups is 1. The summed E-state index contributed by atoms with van der Waals surface area (Å²) in [5.74, 6) is -1.91. The molecular formula is C14H10F2N2O. The van der Waals surface area contributed by atoms with Crippen molar-refractivity contribution < 1.29 is 13.9 Å². The van der Waals surface area contributed by atoms with Gasteiger partial charge in [-0.05, 0) is 29.8 Å². The summed E-state index contributed by atoms with van der Waals surface area (Å²) in [7, 11) is 0. The molecule has 2 heterocycles. The van der Waals surface area contributed by atoms with Crippen LogP contribution in [-0.4, -0.2) is 14.7 Å². The molecule has 0 amide bonds. The molecule has 0 spiro atoms. The first-order valence-electron chi connectivity index (χ1n) is 5.72. The monoisotopic (exact) mass is 260 g/mol. The van der Waals surface area contributed by atoms with Gasteiger partial charge in [-0.2, -0.15) is 5.10 Å². The molecule has 0 fully saturated rings. The van der Waals surface area contributed by atoms with Crippen LogP contribution in [0, 0.1) is 11.6 Å². The van der Waals surface area contributed by atoms with Crippen molar-refractivity contribution in [3.8, 4) is 0 Å². The highest BCUT2D eigenvalue weighted by Crippen LogP contribution is 2.26. The number of benzene rings is 1. The van der Waals surface area contributed by atoms with E-state index in [4.69, 9.17) is 0 Å². The zero-order chi connectivity index (χ0) is 13.4. The molecule has 0 aliphatic rings. The second-order valence-electron chi connectivity index (χ2n) is 4.21. The predicted molar refractivity (Wildman–Crippen MR) is 65.6 cm³/mol. The van der Waals surface area contributed by atoms with Gasteiger partial charge in [-0.15, -0.1) is 0 Å². The highest BCUT2D eigenvalue weighted by atomic mass is 19.2. The van der Waals surface area contributed by atoms with Gasteiger partial charge in [0.2, 0.25) is 0 Å². The number of halogens is 2. The van der Waals surface area contributed by atoms with Gasteiger partial charge in [0.15, 0.2) is 11.6 Å². The van der Waals surface area contributed by atoms with Crippen molar-refractivity contribution in [1.82, 2.24) is 9.61 Å². The van der Waals surface area contributed by atoms with E-state index in [0.717, 1.165) is 17.6 Å². The third kappa shape index (κ3) is 1.98. The van der Waals surface area contributed by atoms with Gasteiger partial charge in [0, 0.05) is 11.8 Å². The summed E-state index contributed by atoms with van der Waals surface area (Å²) in [5, 5.41) is 14.3. The Morgan fingerprint density at radius 1 is 1.11 bits per heavy atom. The van der Waals surface area contributed by atoms with Crippen molar-refractivity contribution in [2.24, 2.45) is 0 Å². The maximum absolute atomic E-state index is 13.2. The van der Waals surface area contributed by atoms with Crippen molar-refractivity contribution in [3.63, 3.8) is 0 Å². The summed E-state index contributed by atoms with van der Waals surface area (Å²) in [5.41, 5.74) is 1.56. The van der Waals surface area contributed by atoms with Crippen LogP contribution in [-0.2, 0) is 0 Å². The van der Waals surface area contributed by atoms with Gasteiger partial charge in [0.1, 0.15) is 6.10 Å². The van der Waals surface area contributed by atoms with Crippen LogP contribution in [0.1, 0.15) is 17.2 Å². The molecule has 3 nitrogen and oxygen atoms in total. The molecule has 1 aromatic carbocycles. The van der Waals surface area contributed by atoms with Crippen LogP contribution in [0.15, 0.2) is 48.8 Å². The molecule has 0 aliphatic carbocycles. The normalized spacial score (nSPS) is 12.8. The van der Waals surface area contributed by atoms with E-state index < -0.39 is 17.7 Å². The van der Waals surface area contributed by atoms with Gasteiger partial charge in [-0.1, -0.05) is 12.1 Å². The fourth-order valence-corrected chi connectivity index (χ4v) is 2.03. The Morgan fingerprint density at radius 3 is 2.74 bits per heavy atom. The Hall–Kier alpha value is -2.27. The number of fused-ring (bicyclic) bond motifs is 1. The van der Waals surface area contributed by atoms with Crippen LogP contribution in [0.3, 0.4) is 0 Å². The Labute approximate surface area is 107 Å². The van der Waals surface area contributed by atoms with Crippen LogP contribution >= 0.6 is 0 Å². The quantitative estimate of drug-likeness (QED) is 0.769. The molecule has 96 valence electrons. The molecule has 0 bridgehead atoms. The molecule has 0 saturated carbocycles. The van der Waals surface area contributed by atoms with Gasteiger partial charge < -0.3 is 5.11 Å². The molecule has 1 N–H and O–H groups in total. The lowest BCUT2D eigenvalue weighted by molar-refractivity contribution is 0.221. The zero-order valence-electron chi connectivity index (χ0n) is 9.79. The van der Waals surface area contributed by atoms with Gasteiger partial charge in [-0.3, -0.25) is 0 Å². The fraction of sp³-hybridized carbons (Fsp3) is 0.0714. The SMILES string of the molecule is OC(c1ccc(F)c(F)c1)c1cnn2ccccc12. The summed E-state index contributed by atoms with van der Waals surface area (Å²) in [6, 6.07) is 8.78. The number of rotatable bonds is 2. The third-order valence-corrected chi connectivity index (χ3v) is 3.01. The Balaban J connectivity index is 2.08. The predicted octanol–water partition coefficient (Wildman–Crippen LogP) is 2.69. The van der Waals surface area contributed by atoms with Crippen molar-refractivity contribution in [2.45, 2.75) is 6.10 Å². The summed E-state index contributed by atoms with van der Waals surface area (Å²) in [4.78, 5) is 0. The zero-order valence-corrected chi connectivity index (χ0v) is 9.79. The van der Waals surface area contributed by atoms with Crippen LogP contribution < -0.4 is 0 Å². The number of aromatic nitrogens is 2. The number of hydrogen-bond acceptors (Lipinski definition) is 2. The minimum absolute atomic E-state index is 0.289. The van der Waals surface area contributed by atoms with Crippen molar-refractivity contribution in [2.75, 3.05) is 0 Å². The van der Waals surface area contributed by atoms with Gasteiger partial charge in [0.05, 0.1) is 11.7 Å². The maximum atomic E-state index is 13.2. The summed E-state index contributed by atoms with van der Waals surface area (Å²) in [6.45, 7) is 0. The standard InChI is InChI=1S/C14H10F2N2O/c15-11-5-4-9(7-12(11)16)14(19)10-8-17-18-6-2-1-3-13(10)18/h1-8,14,19H. The van der Waals surface area contributed by atoms with Crippen molar-refractivity contribution >= 4 is 5.52 Å². The maximum Gasteiger partial charge on any atom is 0.159 e. The first-order valence-corrected chi connectivity index (χ1v) is 5.72. The third-order valence-electron chi connectivity index (χ3n) is 3.01. The lowest BCUT2D eigenvalue weighted by Gasteiger charge is -2.10. The second kappa shape index (κ2) is 4.44. The van der Waals surface area contributed by atoms with Crippen LogP contribution in [0.2, 0.25) is 0 Å². The molecular weight excluding hydrogens is 250 g/mol. The van der Waals surface area contributed by atoms with Crippen molar-refractivity contribution in [1.29, 1.82) is 0 Å². The van der Waals surface area contributed by atoms with E-state index in [-0.39, 0.29) is 5.56 Å². The highest BCUT2D eigenvalue weighted by molar-refractivity contribution is 5.56. The molecule has 1 unspecified atom stereocenters. The summed E-state index contributed by atoms with van der Waals surface area (Å²) in [6.07, 6.45) is 2.22. The van der Waals surface area contributed by atoms with E-state index in [9.17, 15) is 13.9 Å². The number of nitrogens with zero attached hydrogens (tertiary/aromatic N) is 2. The van der Waals surface area contributed by atoms with Gasteiger partial charge in [-0.25, -0.2) is 13.3 Å². The van der Waals surface area contributed by atoms with Gasteiger partial charge >= 0.3 is 0 Å². The topological polar surface area (TPSA) is 37.5 Å². The smallest absolute Gasteiger partial charge is 0.159 e. The minimum atomic E-state index is -1.05. The van der Waals surface area contributed by atoms with Crippen LogP contribution in [0.5, 0.6) is 0 Å². The van der Waals surface area contributed by atoms with Gasteiger partial charge in [0.25, 0.3) is 0 Å². The second-order valence-corrected chi connectivity index (χ2v) is 4.21. The van der Waals surface area contributed by atoms with Crippen LogP contribution in [0.25, 0.3) is 5.52 Å². The lowest BCUT2D eigenvalue weighted by atomic mass is 10.0. The molecule has 0 saturated heterocycles. The summed E-state index contributed by atoms with van der Waals surface area (Å²) < 4.78 is 27.7. The molecule has 3 rings (SSSR count). The average molecular weight is 260 g/mol. The van der Waals surface area contributed by atoms with Crippen molar-refractivity contribution in [3.05, 3.63) is 71.6 Å². The minimum Gasteiger partial charge on any atom is -0.384 e.